The molecule has 0 unspecified atom stereocenters. The SMILES string of the molecule is CC(C)[C@H](CP(=O)([O-])[O-])NC(=O)Cc1ccccc1. The summed E-state index contributed by atoms with van der Waals surface area (Å²) < 4.78 is 10.8. The second kappa shape index (κ2) is 6.85. The topological polar surface area (TPSA) is 92.3 Å². The van der Waals surface area contributed by atoms with Crippen molar-refractivity contribution in [2.75, 3.05) is 6.16 Å². The molecule has 19 heavy (non-hydrogen) atoms. The van der Waals surface area contributed by atoms with Crippen LogP contribution in [0.25, 0.3) is 0 Å². The summed E-state index contributed by atoms with van der Waals surface area (Å²) in [4.78, 5) is 33.4. The third kappa shape index (κ3) is 6.53. The first-order valence-corrected chi connectivity index (χ1v) is 7.85. The number of rotatable bonds is 6. The molecule has 1 atom stereocenters. The standard InChI is InChI=1S/C13H20NO4P/c1-10(2)12(9-19(16,17)18)14-13(15)8-11-6-4-3-5-7-11/h3-7,10,12H,8-9H2,1-2H3,(H,14,15)(H2,16,17,18)/p-2/t12-/m0/s1. The van der Waals surface area contributed by atoms with Gasteiger partial charge in [-0.15, -0.1) is 0 Å². The molecule has 0 bridgehead atoms. The highest BCUT2D eigenvalue weighted by Crippen LogP contribution is 2.26. The molecule has 5 nitrogen and oxygen atoms in total. The number of hydrogen-bond donors (Lipinski definition) is 1. The lowest BCUT2D eigenvalue weighted by Crippen LogP contribution is -2.43. The maximum atomic E-state index is 11.8. The van der Waals surface area contributed by atoms with Crippen LogP contribution in [0, 0.1) is 5.92 Å². The second-order valence-corrected chi connectivity index (χ2v) is 6.46. The van der Waals surface area contributed by atoms with E-state index in [1.165, 1.54) is 0 Å². The van der Waals surface area contributed by atoms with E-state index in [1.807, 2.05) is 30.3 Å². The van der Waals surface area contributed by atoms with Crippen LogP contribution in [0.1, 0.15) is 19.4 Å². The van der Waals surface area contributed by atoms with Crippen LogP contribution in [0.4, 0.5) is 0 Å². The van der Waals surface area contributed by atoms with E-state index in [2.05, 4.69) is 5.32 Å². The lowest BCUT2D eigenvalue weighted by atomic mass is 10.1. The predicted molar refractivity (Wildman–Crippen MR) is 69.4 cm³/mol. The molecule has 0 spiro atoms. The maximum Gasteiger partial charge on any atom is 0.224 e. The maximum absolute atomic E-state index is 11.8. The van der Waals surface area contributed by atoms with E-state index < -0.39 is 19.8 Å². The van der Waals surface area contributed by atoms with Crippen molar-refractivity contribution >= 4 is 13.5 Å². The molecule has 0 fully saturated rings. The summed E-state index contributed by atoms with van der Waals surface area (Å²) in [5, 5.41) is 2.61. The van der Waals surface area contributed by atoms with Crippen LogP contribution in [0.3, 0.4) is 0 Å². The summed E-state index contributed by atoms with van der Waals surface area (Å²) in [5.41, 5.74) is 0.843. The van der Waals surface area contributed by atoms with Crippen LogP contribution in [0.15, 0.2) is 30.3 Å². The van der Waals surface area contributed by atoms with Crippen molar-refractivity contribution in [2.24, 2.45) is 5.92 Å². The molecule has 1 rings (SSSR count). The smallest absolute Gasteiger partial charge is 0.224 e. The molecular weight excluding hydrogens is 265 g/mol. The van der Waals surface area contributed by atoms with E-state index in [9.17, 15) is 19.1 Å². The number of hydrogen-bond acceptors (Lipinski definition) is 4. The molecule has 106 valence electrons. The normalized spacial score (nSPS) is 13.3. The minimum absolute atomic E-state index is 0.115. The third-order valence-electron chi connectivity index (χ3n) is 2.78. The van der Waals surface area contributed by atoms with Gasteiger partial charge in [-0.3, -0.25) is 4.79 Å². The van der Waals surface area contributed by atoms with Crippen LogP contribution in [-0.4, -0.2) is 18.1 Å². The van der Waals surface area contributed by atoms with Gasteiger partial charge in [-0.2, -0.15) is 0 Å². The fourth-order valence-electron chi connectivity index (χ4n) is 1.70. The average Bonchev–Trinajstić information content (AvgIpc) is 2.27. The lowest BCUT2D eigenvalue weighted by Gasteiger charge is -2.35. The van der Waals surface area contributed by atoms with Crippen LogP contribution >= 0.6 is 7.60 Å². The Kier molecular flexibility index (Phi) is 5.73. The van der Waals surface area contributed by atoms with E-state index in [1.54, 1.807) is 13.8 Å². The van der Waals surface area contributed by atoms with E-state index in [-0.39, 0.29) is 18.2 Å². The second-order valence-electron chi connectivity index (χ2n) is 4.87. The van der Waals surface area contributed by atoms with E-state index in [0.717, 1.165) is 5.56 Å². The molecule has 0 aliphatic heterocycles. The molecule has 1 N–H and O–H groups in total. The number of benzene rings is 1. The summed E-state index contributed by atoms with van der Waals surface area (Å²) in [6, 6.07) is 8.49. The van der Waals surface area contributed by atoms with Crippen LogP contribution in [-0.2, 0) is 15.8 Å². The highest BCUT2D eigenvalue weighted by atomic mass is 31.2. The van der Waals surface area contributed by atoms with Gasteiger partial charge in [0, 0.05) is 6.04 Å². The van der Waals surface area contributed by atoms with Crippen molar-refractivity contribution in [1.29, 1.82) is 0 Å². The summed E-state index contributed by atoms with van der Waals surface area (Å²) >= 11 is 0. The Morgan fingerprint density at radius 3 is 2.32 bits per heavy atom. The van der Waals surface area contributed by atoms with Gasteiger partial charge in [-0.1, -0.05) is 51.8 Å². The van der Waals surface area contributed by atoms with Crippen molar-refractivity contribution in [3.05, 3.63) is 35.9 Å². The zero-order chi connectivity index (χ0) is 14.5. The molecule has 0 aliphatic carbocycles. The lowest BCUT2D eigenvalue weighted by molar-refractivity contribution is -0.313. The Hall–Kier alpha value is -1.16. The summed E-state index contributed by atoms with van der Waals surface area (Å²) in [5.74, 6) is -0.394. The monoisotopic (exact) mass is 283 g/mol. The molecule has 0 saturated heterocycles. The van der Waals surface area contributed by atoms with Crippen molar-refractivity contribution in [3.63, 3.8) is 0 Å². The Labute approximate surface area is 113 Å². The fourth-order valence-corrected chi connectivity index (χ4v) is 2.70. The van der Waals surface area contributed by atoms with Crippen LogP contribution in [0.5, 0.6) is 0 Å². The molecule has 1 amide bonds. The average molecular weight is 283 g/mol. The van der Waals surface area contributed by atoms with E-state index in [0.29, 0.717) is 0 Å². The zero-order valence-corrected chi connectivity index (χ0v) is 11.9. The van der Waals surface area contributed by atoms with Crippen LogP contribution in [0.2, 0.25) is 0 Å². The minimum atomic E-state index is -4.63. The highest BCUT2D eigenvalue weighted by Gasteiger charge is 2.17. The van der Waals surface area contributed by atoms with Crippen molar-refractivity contribution in [3.8, 4) is 0 Å². The molecule has 6 heteroatoms. The van der Waals surface area contributed by atoms with Gasteiger partial charge in [0.1, 0.15) is 0 Å². The molecule has 0 heterocycles. The van der Waals surface area contributed by atoms with Crippen molar-refractivity contribution in [2.45, 2.75) is 26.3 Å². The van der Waals surface area contributed by atoms with Gasteiger partial charge in [0.05, 0.1) is 6.42 Å². The molecular formula is C13H18NO4P-2. The highest BCUT2D eigenvalue weighted by molar-refractivity contribution is 7.48. The quantitative estimate of drug-likeness (QED) is 0.759. The molecule has 0 aliphatic rings. The number of amides is 1. The first-order chi connectivity index (χ1) is 8.78. The molecule has 0 saturated carbocycles. The zero-order valence-electron chi connectivity index (χ0n) is 11.0. The van der Waals surface area contributed by atoms with E-state index in [4.69, 9.17) is 0 Å². The fraction of sp³-hybridized carbons (Fsp3) is 0.462. The van der Waals surface area contributed by atoms with Gasteiger partial charge in [0.25, 0.3) is 0 Å². The van der Waals surface area contributed by atoms with Gasteiger partial charge >= 0.3 is 0 Å². The minimum Gasteiger partial charge on any atom is -0.811 e. The van der Waals surface area contributed by atoms with Crippen LogP contribution < -0.4 is 15.1 Å². The van der Waals surface area contributed by atoms with Gasteiger partial charge in [-0.25, -0.2) is 0 Å². The van der Waals surface area contributed by atoms with E-state index >= 15 is 0 Å². The molecule has 0 aromatic heterocycles. The Morgan fingerprint density at radius 1 is 1.26 bits per heavy atom. The number of nitrogens with one attached hydrogen (secondary N) is 1. The summed E-state index contributed by atoms with van der Waals surface area (Å²) in [7, 11) is -4.63. The van der Waals surface area contributed by atoms with Gasteiger partial charge in [0.15, 0.2) is 0 Å². The number of carbonyl (C=O) groups is 1. The molecule has 0 radical (unpaired) electrons. The largest absolute Gasteiger partial charge is 0.811 e. The van der Waals surface area contributed by atoms with Gasteiger partial charge in [0.2, 0.25) is 5.91 Å². The number of carbonyl (C=O) groups excluding carboxylic acids is 1. The summed E-state index contributed by atoms with van der Waals surface area (Å²) in [6.07, 6.45) is -0.378. The Morgan fingerprint density at radius 2 is 1.84 bits per heavy atom. The van der Waals surface area contributed by atoms with Crippen molar-refractivity contribution in [1.82, 2.24) is 5.32 Å². The predicted octanol–water partition coefficient (Wildman–Crippen LogP) is 0.284. The molecule has 1 aromatic rings. The van der Waals surface area contributed by atoms with Gasteiger partial charge < -0.3 is 19.7 Å². The first kappa shape index (κ1) is 15.9. The summed E-state index contributed by atoms with van der Waals surface area (Å²) in [6.45, 7) is 3.53. The van der Waals surface area contributed by atoms with Crippen molar-refractivity contribution < 1.29 is 19.1 Å². The Bertz CT molecular complexity index is 455. The molecule has 1 aromatic carbocycles. The Balaban J connectivity index is 2.60. The first-order valence-electron chi connectivity index (χ1n) is 6.12. The van der Waals surface area contributed by atoms with Gasteiger partial charge in [-0.05, 0) is 17.6 Å². The third-order valence-corrected chi connectivity index (χ3v) is 3.62.